The second-order valence-electron chi connectivity index (χ2n) is 4.80. The molecule has 1 aromatic heterocycles. The summed E-state index contributed by atoms with van der Waals surface area (Å²) in [5.41, 5.74) is 6.46. The number of nitrogens with zero attached hydrogens (tertiary/aromatic N) is 2. The molecule has 2 rings (SSSR count). The van der Waals surface area contributed by atoms with Gasteiger partial charge in [0.05, 0.1) is 5.69 Å². The van der Waals surface area contributed by atoms with Crippen LogP contribution in [0.2, 0.25) is 0 Å². The molecule has 0 aromatic carbocycles. The fraction of sp³-hybridized carbons (Fsp3) is 0.667. The maximum atomic E-state index is 11.8. The molecule has 1 aliphatic rings. The van der Waals surface area contributed by atoms with Gasteiger partial charge in [-0.2, -0.15) is 5.10 Å². The second-order valence-corrected chi connectivity index (χ2v) is 4.80. The van der Waals surface area contributed by atoms with Crippen LogP contribution >= 0.6 is 0 Å². The number of nitrogens with one attached hydrogen (secondary N) is 1. The van der Waals surface area contributed by atoms with Crippen LogP contribution in [0.5, 0.6) is 0 Å². The van der Waals surface area contributed by atoms with E-state index >= 15 is 0 Å². The van der Waals surface area contributed by atoms with E-state index in [4.69, 9.17) is 5.73 Å². The Labute approximate surface area is 101 Å². The van der Waals surface area contributed by atoms with Gasteiger partial charge in [-0.25, -0.2) is 0 Å². The molecule has 0 saturated heterocycles. The number of hydrogen-bond acceptors (Lipinski definition) is 3. The highest BCUT2D eigenvalue weighted by Gasteiger charge is 2.16. The number of rotatable bonds is 4. The lowest BCUT2D eigenvalue weighted by Crippen LogP contribution is -2.26. The lowest BCUT2D eigenvalue weighted by atomic mass is 10.0. The van der Waals surface area contributed by atoms with Crippen LogP contribution in [0.15, 0.2) is 6.20 Å². The first-order chi connectivity index (χ1) is 8.16. The van der Waals surface area contributed by atoms with Gasteiger partial charge in [-0.3, -0.25) is 9.48 Å². The Hall–Kier alpha value is -1.52. The number of nitrogen functional groups attached to an aromatic ring is 1. The molecule has 1 aliphatic carbocycles. The molecule has 0 radical (unpaired) electrons. The highest BCUT2D eigenvalue weighted by Crippen LogP contribution is 2.26. The van der Waals surface area contributed by atoms with Crippen LogP contribution in [0.4, 0.5) is 5.69 Å². The third-order valence-corrected chi connectivity index (χ3v) is 3.39. The molecular weight excluding hydrogens is 216 g/mol. The number of hydrogen-bond donors (Lipinski definition) is 2. The van der Waals surface area contributed by atoms with Gasteiger partial charge in [-0.05, 0) is 12.3 Å². The van der Waals surface area contributed by atoms with E-state index in [9.17, 15) is 4.79 Å². The Balaban J connectivity index is 1.78. The lowest BCUT2D eigenvalue weighted by molar-refractivity contribution is 0.0946. The average molecular weight is 236 g/mol. The maximum Gasteiger partial charge on any atom is 0.273 e. The number of anilines is 1. The van der Waals surface area contributed by atoms with Crippen molar-refractivity contribution in [2.24, 2.45) is 13.0 Å². The van der Waals surface area contributed by atoms with Crippen LogP contribution in [-0.2, 0) is 7.05 Å². The van der Waals surface area contributed by atoms with Gasteiger partial charge in [0.15, 0.2) is 5.69 Å². The number of amides is 1. The number of carbonyl (C=O) groups is 1. The summed E-state index contributed by atoms with van der Waals surface area (Å²) in [6.07, 6.45) is 8.01. The molecule has 1 saturated carbocycles. The summed E-state index contributed by atoms with van der Waals surface area (Å²) in [5, 5.41) is 6.93. The summed E-state index contributed by atoms with van der Waals surface area (Å²) >= 11 is 0. The maximum absolute atomic E-state index is 11.8. The molecular formula is C12H20N4O. The number of aromatic nitrogens is 2. The van der Waals surface area contributed by atoms with Crippen molar-refractivity contribution in [2.45, 2.75) is 32.1 Å². The van der Waals surface area contributed by atoms with Crippen molar-refractivity contribution in [3.8, 4) is 0 Å². The van der Waals surface area contributed by atoms with Crippen molar-refractivity contribution in [1.82, 2.24) is 15.1 Å². The zero-order chi connectivity index (χ0) is 12.3. The molecule has 0 atom stereocenters. The zero-order valence-corrected chi connectivity index (χ0v) is 10.3. The summed E-state index contributed by atoms with van der Waals surface area (Å²) in [4.78, 5) is 11.8. The van der Waals surface area contributed by atoms with Gasteiger partial charge in [0.2, 0.25) is 0 Å². The Kier molecular flexibility index (Phi) is 3.66. The van der Waals surface area contributed by atoms with Crippen LogP contribution in [0.25, 0.3) is 0 Å². The van der Waals surface area contributed by atoms with Crippen molar-refractivity contribution < 1.29 is 4.79 Å². The van der Waals surface area contributed by atoms with Crippen molar-refractivity contribution in [2.75, 3.05) is 12.3 Å². The van der Waals surface area contributed by atoms with Gasteiger partial charge >= 0.3 is 0 Å². The molecule has 5 heteroatoms. The minimum Gasteiger partial charge on any atom is -0.396 e. The molecule has 0 bridgehead atoms. The smallest absolute Gasteiger partial charge is 0.273 e. The predicted octanol–water partition coefficient (Wildman–Crippen LogP) is 1.31. The molecule has 0 unspecified atom stereocenters. The summed E-state index contributed by atoms with van der Waals surface area (Å²) in [6, 6.07) is 0. The normalized spacial score (nSPS) is 16.3. The Morgan fingerprint density at radius 3 is 2.88 bits per heavy atom. The van der Waals surface area contributed by atoms with E-state index in [-0.39, 0.29) is 5.91 Å². The molecule has 17 heavy (non-hydrogen) atoms. The first kappa shape index (κ1) is 12.0. The van der Waals surface area contributed by atoms with Gasteiger partial charge in [0.1, 0.15) is 0 Å². The first-order valence-electron chi connectivity index (χ1n) is 6.24. The second kappa shape index (κ2) is 5.21. The Morgan fingerprint density at radius 2 is 2.29 bits per heavy atom. The van der Waals surface area contributed by atoms with E-state index in [2.05, 4.69) is 10.4 Å². The fourth-order valence-corrected chi connectivity index (χ4v) is 2.46. The minimum absolute atomic E-state index is 0.166. The number of nitrogens with two attached hydrogens (primary N) is 1. The molecule has 1 fully saturated rings. The third kappa shape index (κ3) is 2.99. The first-order valence-corrected chi connectivity index (χ1v) is 6.24. The summed E-state index contributed by atoms with van der Waals surface area (Å²) < 4.78 is 1.56. The van der Waals surface area contributed by atoms with Crippen LogP contribution in [-0.4, -0.2) is 22.2 Å². The molecule has 1 amide bonds. The highest BCUT2D eigenvalue weighted by atomic mass is 16.1. The van der Waals surface area contributed by atoms with Crippen molar-refractivity contribution in [1.29, 1.82) is 0 Å². The highest BCUT2D eigenvalue weighted by molar-refractivity contribution is 5.96. The summed E-state index contributed by atoms with van der Waals surface area (Å²) in [7, 11) is 1.76. The lowest BCUT2D eigenvalue weighted by Gasteiger charge is -2.09. The SMILES string of the molecule is Cn1cc(N)c(C(=O)NCCC2CCCC2)n1. The average Bonchev–Trinajstić information content (AvgIpc) is 2.88. The molecule has 0 aliphatic heterocycles. The molecule has 94 valence electrons. The van der Waals surface area contributed by atoms with E-state index in [1.807, 2.05) is 0 Å². The monoisotopic (exact) mass is 236 g/mol. The van der Waals surface area contributed by atoms with E-state index in [0.29, 0.717) is 11.4 Å². The van der Waals surface area contributed by atoms with Crippen LogP contribution in [0.1, 0.15) is 42.6 Å². The largest absolute Gasteiger partial charge is 0.396 e. The summed E-state index contributed by atoms with van der Waals surface area (Å²) in [5.74, 6) is 0.623. The molecule has 5 nitrogen and oxygen atoms in total. The van der Waals surface area contributed by atoms with Gasteiger partial charge < -0.3 is 11.1 Å². The quantitative estimate of drug-likeness (QED) is 0.828. The van der Waals surface area contributed by atoms with Gasteiger partial charge in [-0.1, -0.05) is 25.7 Å². The standard InChI is InChI=1S/C12H20N4O/c1-16-8-10(13)11(15-16)12(17)14-7-6-9-4-2-3-5-9/h8-9H,2-7,13H2,1H3,(H,14,17). The minimum atomic E-state index is -0.166. The van der Waals surface area contributed by atoms with Gasteiger partial charge in [0.25, 0.3) is 5.91 Å². The molecule has 1 aromatic rings. The van der Waals surface area contributed by atoms with Crippen molar-refractivity contribution in [3.63, 3.8) is 0 Å². The number of aryl methyl sites for hydroxylation is 1. The Morgan fingerprint density at radius 1 is 1.59 bits per heavy atom. The number of carbonyl (C=O) groups excluding carboxylic acids is 1. The van der Waals surface area contributed by atoms with Gasteiger partial charge in [0, 0.05) is 19.8 Å². The zero-order valence-electron chi connectivity index (χ0n) is 10.3. The molecule has 3 N–H and O–H groups in total. The van der Waals surface area contributed by atoms with E-state index in [1.165, 1.54) is 25.7 Å². The van der Waals surface area contributed by atoms with Crippen LogP contribution in [0, 0.1) is 5.92 Å². The van der Waals surface area contributed by atoms with Crippen molar-refractivity contribution >= 4 is 11.6 Å². The van der Waals surface area contributed by atoms with E-state index in [0.717, 1.165) is 18.9 Å². The fourth-order valence-electron chi connectivity index (χ4n) is 2.46. The van der Waals surface area contributed by atoms with Crippen molar-refractivity contribution in [3.05, 3.63) is 11.9 Å². The van der Waals surface area contributed by atoms with Crippen LogP contribution < -0.4 is 11.1 Å². The molecule has 1 heterocycles. The topological polar surface area (TPSA) is 72.9 Å². The Bertz CT molecular complexity index is 393. The predicted molar refractivity (Wildman–Crippen MR) is 66.5 cm³/mol. The summed E-state index contributed by atoms with van der Waals surface area (Å²) in [6.45, 7) is 0.722. The third-order valence-electron chi connectivity index (χ3n) is 3.39. The molecule has 0 spiro atoms. The van der Waals surface area contributed by atoms with E-state index in [1.54, 1.807) is 17.9 Å². The van der Waals surface area contributed by atoms with E-state index < -0.39 is 0 Å². The van der Waals surface area contributed by atoms with Gasteiger partial charge in [-0.15, -0.1) is 0 Å². The van der Waals surface area contributed by atoms with Crippen LogP contribution in [0.3, 0.4) is 0 Å².